The molecule has 0 spiro atoms. The van der Waals surface area contributed by atoms with E-state index < -0.39 is 0 Å². The molecule has 0 saturated heterocycles. The van der Waals surface area contributed by atoms with Gasteiger partial charge >= 0.3 is 0 Å². The van der Waals surface area contributed by atoms with Gasteiger partial charge in [-0.3, -0.25) is 4.79 Å². The molecule has 1 amide bonds. The first kappa shape index (κ1) is 12.9. The lowest BCUT2D eigenvalue weighted by Gasteiger charge is -2.19. The lowest BCUT2D eigenvalue weighted by atomic mass is 10.1. The van der Waals surface area contributed by atoms with E-state index in [9.17, 15) is 9.90 Å². The third-order valence-corrected chi connectivity index (χ3v) is 2.40. The Labute approximate surface area is 101 Å². The van der Waals surface area contributed by atoms with E-state index in [2.05, 4.69) is 5.92 Å². The van der Waals surface area contributed by atoms with E-state index in [4.69, 9.17) is 11.2 Å². The highest BCUT2D eigenvalue weighted by Crippen LogP contribution is 2.30. The van der Waals surface area contributed by atoms with Crippen LogP contribution in [0.3, 0.4) is 0 Å². The highest BCUT2D eigenvalue weighted by molar-refractivity contribution is 5.97. The molecule has 0 aliphatic rings. The van der Waals surface area contributed by atoms with Crippen molar-refractivity contribution < 1.29 is 14.6 Å². The van der Waals surface area contributed by atoms with Crippen LogP contribution in [0.5, 0.6) is 11.5 Å². The number of amides is 1. The van der Waals surface area contributed by atoms with E-state index in [0.717, 1.165) is 0 Å². The molecule has 0 saturated carbocycles. The second kappa shape index (κ2) is 5.80. The fourth-order valence-electron chi connectivity index (χ4n) is 1.47. The van der Waals surface area contributed by atoms with Gasteiger partial charge in [0.15, 0.2) is 11.5 Å². The molecule has 0 fully saturated rings. The standard InChI is InChI=1S/C13H15NO3/c1-4-9-14(5-2)13(16)10-7-6-8-11(17-3)12(10)15/h1,6-8,15H,5,9H2,2-3H3. The van der Waals surface area contributed by atoms with Crippen LogP contribution in [0.15, 0.2) is 18.2 Å². The van der Waals surface area contributed by atoms with Crippen LogP contribution in [0.2, 0.25) is 0 Å². The summed E-state index contributed by atoms with van der Waals surface area (Å²) < 4.78 is 4.95. The number of hydrogen-bond acceptors (Lipinski definition) is 3. The summed E-state index contributed by atoms with van der Waals surface area (Å²) in [5.74, 6) is 2.22. The smallest absolute Gasteiger partial charge is 0.258 e. The van der Waals surface area contributed by atoms with Crippen LogP contribution in [0.25, 0.3) is 0 Å². The van der Waals surface area contributed by atoms with Gasteiger partial charge in [0, 0.05) is 6.54 Å². The van der Waals surface area contributed by atoms with Crippen LogP contribution in [0, 0.1) is 12.3 Å². The number of nitrogens with zero attached hydrogens (tertiary/aromatic N) is 1. The number of hydrogen-bond donors (Lipinski definition) is 1. The van der Waals surface area contributed by atoms with Gasteiger partial charge in [0.25, 0.3) is 5.91 Å². The molecule has 0 atom stereocenters. The molecule has 17 heavy (non-hydrogen) atoms. The second-order valence-corrected chi connectivity index (χ2v) is 3.38. The van der Waals surface area contributed by atoms with Crippen LogP contribution in [0.4, 0.5) is 0 Å². The first-order chi connectivity index (χ1) is 8.15. The van der Waals surface area contributed by atoms with Gasteiger partial charge < -0.3 is 14.7 Å². The number of rotatable bonds is 4. The van der Waals surface area contributed by atoms with Crippen LogP contribution in [-0.2, 0) is 0 Å². The molecule has 1 rings (SSSR count). The summed E-state index contributed by atoms with van der Waals surface area (Å²) in [4.78, 5) is 13.5. The van der Waals surface area contributed by atoms with Gasteiger partial charge in [0.2, 0.25) is 0 Å². The third kappa shape index (κ3) is 2.70. The van der Waals surface area contributed by atoms with E-state index in [1.807, 2.05) is 6.92 Å². The average molecular weight is 233 g/mol. The van der Waals surface area contributed by atoms with E-state index in [1.165, 1.54) is 12.0 Å². The van der Waals surface area contributed by atoms with Gasteiger partial charge in [0.05, 0.1) is 19.2 Å². The third-order valence-electron chi connectivity index (χ3n) is 2.40. The number of para-hydroxylation sites is 1. The Morgan fingerprint density at radius 1 is 1.59 bits per heavy atom. The van der Waals surface area contributed by atoms with Crippen molar-refractivity contribution in [2.24, 2.45) is 0 Å². The number of benzene rings is 1. The maximum absolute atomic E-state index is 12.1. The van der Waals surface area contributed by atoms with Gasteiger partial charge in [-0.15, -0.1) is 6.42 Å². The first-order valence-electron chi connectivity index (χ1n) is 5.24. The predicted molar refractivity (Wildman–Crippen MR) is 65.1 cm³/mol. The summed E-state index contributed by atoms with van der Waals surface area (Å²) in [6.45, 7) is 2.53. The summed E-state index contributed by atoms with van der Waals surface area (Å²) in [7, 11) is 1.43. The largest absolute Gasteiger partial charge is 0.504 e. The Bertz CT molecular complexity index is 448. The number of phenolic OH excluding ortho intramolecular Hbond substituents is 1. The molecule has 1 aromatic rings. The Morgan fingerprint density at radius 3 is 2.82 bits per heavy atom. The fraction of sp³-hybridized carbons (Fsp3) is 0.308. The molecule has 4 nitrogen and oxygen atoms in total. The van der Waals surface area contributed by atoms with Crippen molar-refractivity contribution in [3.8, 4) is 23.8 Å². The number of carbonyl (C=O) groups excluding carboxylic acids is 1. The Balaban J connectivity index is 3.08. The van der Waals surface area contributed by atoms with Gasteiger partial charge in [-0.2, -0.15) is 0 Å². The maximum Gasteiger partial charge on any atom is 0.258 e. The van der Waals surface area contributed by atoms with Crippen molar-refractivity contribution in [3.05, 3.63) is 23.8 Å². The number of phenols is 1. The molecular formula is C13H15NO3. The van der Waals surface area contributed by atoms with E-state index in [1.54, 1.807) is 18.2 Å². The quantitative estimate of drug-likeness (QED) is 0.802. The summed E-state index contributed by atoms with van der Waals surface area (Å²) in [5.41, 5.74) is 0.196. The van der Waals surface area contributed by atoms with Crippen molar-refractivity contribution in [2.75, 3.05) is 20.2 Å². The molecule has 0 aliphatic carbocycles. The minimum absolute atomic E-state index is 0.157. The lowest BCUT2D eigenvalue weighted by Crippen LogP contribution is -2.31. The molecule has 1 aromatic carbocycles. The second-order valence-electron chi connectivity index (χ2n) is 3.38. The monoisotopic (exact) mass is 233 g/mol. The number of ether oxygens (including phenoxy) is 1. The summed E-state index contributed by atoms with van der Waals surface area (Å²) in [6.07, 6.45) is 5.18. The zero-order valence-electron chi connectivity index (χ0n) is 9.93. The molecule has 1 N–H and O–H groups in total. The van der Waals surface area contributed by atoms with Crippen molar-refractivity contribution in [1.29, 1.82) is 0 Å². The molecule has 0 aliphatic heterocycles. The summed E-state index contributed by atoms with van der Waals surface area (Å²) in [6, 6.07) is 4.78. The number of aromatic hydroxyl groups is 1. The normalized spacial score (nSPS) is 9.47. The average Bonchev–Trinajstić information content (AvgIpc) is 2.35. The van der Waals surface area contributed by atoms with Crippen LogP contribution < -0.4 is 4.74 Å². The molecule has 0 heterocycles. The fourth-order valence-corrected chi connectivity index (χ4v) is 1.47. The molecule has 0 bridgehead atoms. The van der Waals surface area contributed by atoms with E-state index in [0.29, 0.717) is 6.54 Å². The van der Waals surface area contributed by atoms with E-state index >= 15 is 0 Å². The van der Waals surface area contributed by atoms with Crippen molar-refractivity contribution in [1.82, 2.24) is 4.90 Å². The molecule has 0 radical (unpaired) electrons. The first-order valence-corrected chi connectivity index (χ1v) is 5.24. The van der Waals surface area contributed by atoms with Crippen LogP contribution >= 0.6 is 0 Å². The van der Waals surface area contributed by atoms with E-state index in [-0.39, 0.29) is 29.5 Å². The summed E-state index contributed by atoms with van der Waals surface area (Å²) in [5, 5.41) is 9.85. The van der Waals surface area contributed by atoms with Gasteiger partial charge in [-0.1, -0.05) is 12.0 Å². The SMILES string of the molecule is C#CCN(CC)C(=O)c1cccc(OC)c1O. The number of methoxy groups -OCH3 is 1. The molecule has 0 unspecified atom stereocenters. The Hall–Kier alpha value is -2.15. The minimum atomic E-state index is -0.304. The van der Waals surface area contributed by atoms with Gasteiger partial charge in [-0.05, 0) is 19.1 Å². The zero-order chi connectivity index (χ0) is 12.8. The highest BCUT2D eigenvalue weighted by Gasteiger charge is 2.19. The van der Waals surface area contributed by atoms with Crippen LogP contribution in [-0.4, -0.2) is 36.1 Å². The lowest BCUT2D eigenvalue weighted by molar-refractivity contribution is 0.0781. The highest BCUT2D eigenvalue weighted by atomic mass is 16.5. The topological polar surface area (TPSA) is 49.8 Å². The number of carbonyl (C=O) groups is 1. The van der Waals surface area contributed by atoms with Crippen molar-refractivity contribution in [3.63, 3.8) is 0 Å². The van der Waals surface area contributed by atoms with Crippen molar-refractivity contribution >= 4 is 5.91 Å². The summed E-state index contributed by atoms with van der Waals surface area (Å²) >= 11 is 0. The maximum atomic E-state index is 12.1. The molecular weight excluding hydrogens is 218 g/mol. The Kier molecular flexibility index (Phi) is 4.41. The molecule has 4 heteroatoms. The zero-order valence-corrected chi connectivity index (χ0v) is 9.93. The van der Waals surface area contributed by atoms with Crippen molar-refractivity contribution in [2.45, 2.75) is 6.92 Å². The molecule has 90 valence electrons. The number of terminal acetylenes is 1. The minimum Gasteiger partial charge on any atom is -0.504 e. The predicted octanol–water partition coefficient (Wildman–Crippen LogP) is 1.50. The molecule has 0 aromatic heterocycles. The van der Waals surface area contributed by atoms with Gasteiger partial charge in [-0.25, -0.2) is 0 Å². The Morgan fingerprint density at radius 2 is 2.29 bits per heavy atom. The van der Waals surface area contributed by atoms with Crippen LogP contribution in [0.1, 0.15) is 17.3 Å². The van der Waals surface area contributed by atoms with Gasteiger partial charge in [0.1, 0.15) is 0 Å².